The zero-order valence-electron chi connectivity index (χ0n) is 16.6. The number of rotatable bonds is 6. The number of pyridine rings is 1. The number of hydrogen-bond donors (Lipinski definition) is 1. The molecule has 3 fully saturated rings. The van der Waals surface area contributed by atoms with Crippen LogP contribution in [-0.4, -0.2) is 40.9 Å². The SMILES string of the molecule is O=C(Nc1ccc(OC2CCN(C(=O)CC3CCCCC3)CC2)nc1)C1CC1. The lowest BCUT2D eigenvalue weighted by Gasteiger charge is -2.33. The molecule has 2 aliphatic carbocycles. The zero-order valence-corrected chi connectivity index (χ0v) is 16.6. The minimum Gasteiger partial charge on any atom is -0.474 e. The number of ether oxygens (including phenoxy) is 1. The van der Waals surface area contributed by atoms with E-state index in [0.717, 1.165) is 45.2 Å². The molecule has 1 saturated heterocycles. The van der Waals surface area contributed by atoms with Crippen molar-refractivity contribution >= 4 is 17.5 Å². The van der Waals surface area contributed by atoms with E-state index in [1.54, 1.807) is 6.20 Å². The van der Waals surface area contributed by atoms with E-state index in [9.17, 15) is 9.59 Å². The summed E-state index contributed by atoms with van der Waals surface area (Å²) in [4.78, 5) is 30.7. The number of amides is 2. The van der Waals surface area contributed by atoms with Gasteiger partial charge >= 0.3 is 0 Å². The lowest BCUT2D eigenvalue weighted by atomic mass is 9.86. The van der Waals surface area contributed by atoms with Gasteiger partial charge in [-0.15, -0.1) is 0 Å². The Morgan fingerprint density at radius 1 is 1.04 bits per heavy atom. The van der Waals surface area contributed by atoms with E-state index in [0.29, 0.717) is 23.4 Å². The molecule has 0 radical (unpaired) electrons. The van der Waals surface area contributed by atoms with Crippen LogP contribution in [0, 0.1) is 11.8 Å². The lowest BCUT2D eigenvalue weighted by Crippen LogP contribution is -2.42. The number of nitrogens with zero attached hydrogens (tertiary/aromatic N) is 2. The summed E-state index contributed by atoms with van der Waals surface area (Å²) in [6, 6.07) is 3.65. The Hall–Kier alpha value is -2.11. The van der Waals surface area contributed by atoms with Crippen LogP contribution in [0.15, 0.2) is 18.3 Å². The summed E-state index contributed by atoms with van der Waals surface area (Å²) in [6.45, 7) is 1.54. The van der Waals surface area contributed by atoms with E-state index in [4.69, 9.17) is 4.74 Å². The molecule has 1 aliphatic heterocycles. The fourth-order valence-corrected chi connectivity index (χ4v) is 4.27. The van der Waals surface area contributed by atoms with Gasteiger partial charge in [0.05, 0.1) is 11.9 Å². The first kappa shape index (κ1) is 19.2. The average Bonchev–Trinajstić information content (AvgIpc) is 3.56. The van der Waals surface area contributed by atoms with Crippen LogP contribution in [0.2, 0.25) is 0 Å². The predicted molar refractivity (Wildman–Crippen MR) is 107 cm³/mol. The molecule has 1 aromatic rings. The van der Waals surface area contributed by atoms with Gasteiger partial charge in [0.1, 0.15) is 6.10 Å². The minimum atomic E-state index is 0.0840. The molecule has 1 N–H and O–H groups in total. The number of anilines is 1. The van der Waals surface area contributed by atoms with Gasteiger partial charge in [-0.1, -0.05) is 19.3 Å². The van der Waals surface area contributed by atoms with Crippen LogP contribution in [0.5, 0.6) is 5.88 Å². The molecule has 0 unspecified atom stereocenters. The topological polar surface area (TPSA) is 71.5 Å². The first-order valence-corrected chi connectivity index (χ1v) is 10.9. The fraction of sp³-hybridized carbons (Fsp3) is 0.682. The van der Waals surface area contributed by atoms with Crippen molar-refractivity contribution in [1.29, 1.82) is 0 Å². The van der Waals surface area contributed by atoms with Crippen molar-refractivity contribution in [2.75, 3.05) is 18.4 Å². The van der Waals surface area contributed by atoms with Crippen LogP contribution in [0.25, 0.3) is 0 Å². The molecule has 3 aliphatic rings. The summed E-state index contributed by atoms with van der Waals surface area (Å²) in [5.74, 6) is 1.76. The summed E-state index contributed by atoms with van der Waals surface area (Å²) in [7, 11) is 0. The maximum absolute atomic E-state index is 12.5. The normalized spacial score (nSPS) is 21.4. The highest BCUT2D eigenvalue weighted by Crippen LogP contribution is 2.30. The van der Waals surface area contributed by atoms with Crippen molar-refractivity contribution in [1.82, 2.24) is 9.88 Å². The number of aromatic nitrogens is 1. The second-order valence-corrected chi connectivity index (χ2v) is 8.55. The van der Waals surface area contributed by atoms with E-state index >= 15 is 0 Å². The first-order chi connectivity index (χ1) is 13.7. The van der Waals surface area contributed by atoms with Crippen LogP contribution < -0.4 is 10.1 Å². The third-order valence-corrected chi connectivity index (χ3v) is 6.22. The number of likely N-dealkylation sites (tertiary alicyclic amines) is 1. The first-order valence-electron chi connectivity index (χ1n) is 10.9. The Morgan fingerprint density at radius 2 is 1.79 bits per heavy atom. The predicted octanol–water partition coefficient (Wildman–Crippen LogP) is 3.77. The number of piperidine rings is 1. The number of carbonyl (C=O) groups excluding carboxylic acids is 2. The van der Waals surface area contributed by atoms with Crippen LogP contribution >= 0.6 is 0 Å². The average molecular weight is 386 g/mol. The van der Waals surface area contributed by atoms with Crippen molar-refractivity contribution in [2.24, 2.45) is 11.8 Å². The van der Waals surface area contributed by atoms with Gasteiger partial charge in [-0.3, -0.25) is 9.59 Å². The Labute approximate surface area is 167 Å². The molecule has 2 heterocycles. The molecular weight excluding hydrogens is 354 g/mol. The van der Waals surface area contributed by atoms with Crippen molar-refractivity contribution < 1.29 is 14.3 Å². The molecule has 1 aromatic heterocycles. The summed E-state index contributed by atoms with van der Waals surface area (Å²) in [6.07, 6.45) is 12.5. The van der Waals surface area contributed by atoms with Crippen LogP contribution in [0.1, 0.15) is 64.2 Å². The highest BCUT2D eigenvalue weighted by atomic mass is 16.5. The van der Waals surface area contributed by atoms with Crippen molar-refractivity contribution in [3.05, 3.63) is 18.3 Å². The lowest BCUT2D eigenvalue weighted by molar-refractivity contribution is -0.134. The Balaban J connectivity index is 1.19. The van der Waals surface area contributed by atoms with Crippen LogP contribution in [-0.2, 0) is 9.59 Å². The van der Waals surface area contributed by atoms with Gasteiger partial charge in [-0.05, 0) is 37.7 Å². The minimum absolute atomic E-state index is 0.0840. The maximum atomic E-state index is 12.5. The second kappa shape index (κ2) is 8.93. The van der Waals surface area contributed by atoms with Crippen molar-refractivity contribution in [2.45, 2.75) is 70.3 Å². The van der Waals surface area contributed by atoms with Gasteiger partial charge in [0.15, 0.2) is 0 Å². The third kappa shape index (κ3) is 5.24. The molecule has 152 valence electrons. The molecule has 6 heteroatoms. The molecule has 0 atom stereocenters. The number of hydrogen-bond acceptors (Lipinski definition) is 4. The van der Waals surface area contributed by atoms with Crippen LogP contribution in [0.3, 0.4) is 0 Å². The van der Waals surface area contributed by atoms with E-state index in [2.05, 4.69) is 10.3 Å². The quantitative estimate of drug-likeness (QED) is 0.809. The molecule has 2 saturated carbocycles. The van der Waals surface area contributed by atoms with Crippen molar-refractivity contribution in [3.8, 4) is 5.88 Å². The highest BCUT2D eigenvalue weighted by Gasteiger charge is 2.30. The van der Waals surface area contributed by atoms with E-state index < -0.39 is 0 Å². The van der Waals surface area contributed by atoms with Gasteiger partial charge < -0.3 is 15.0 Å². The van der Waals surface area contributed by atoms with Crippen LogP contribution in [0.4, 0.5) is 5.69 Å². The highest BCUT2D eigenvalue weighted by molar-refractivity contribution is 5.93. The molecule has 0 bridgehead atoms. The standard InChI is InChI=1S/C22H31N3O3/c26-21(14-16-4-2-1-3-5-16)25-12-10-19(11-13-25)28-20-9-8-18(15-23-20)24-22(27)17-6-7-17/h8-9,15-17,19H,1-7,10-14H2,(H,24,27). The largest absolute Gasteiger partial charge is 0.474 e. The van der Waals surface area contributed by atoms with E-state index in [1.807, 2.05) is 17.0 Å². The Morgan fingerprint density at radius 3 is 2.43 bits per heavy atom. The summed E-state index contributed by atoms with van der Waals surface area (Å²) < 4.78 is 5.99. The molecular formula is C22H31N3O3. The zero-order chi connectivity index (χ0) is 19.3. The molecule has 0 spiro atoms. The Bertz CT molecular complexity index is 673. The van der Waals surface area contributed by atoms with Gasteiger partial charge in [-0.2, -0.15) is 0 Å². The molecule has 6 nitrogen and oxygen atoms in total. The monoisotopic (exact) mass is 385 g/mol. The smallest absolute Gasteiger partial charge is 0.227 e. The van der Waals surface area contributed by atoms with Gasteiger partial charge in [-0.25, -0.2) is 4.98 Å². The van der Waals surface area contributed by atoms with Crippen molar-refractivity contribution in [3.63, 3.8) is 0 Å². The van der Waals surface area contributed by atoms with Gasteiger partial charge in [0.2, 0.25) is 17.7 Å². The number of nitrogens with one attached hydrogen (secondary N) is 1. The summed E-state index contributed by atoms with van der Waals surface area (Å²) >= 11 is 0. The molecule has 4 rings (SSSR count). The summed E-state index contributed by atoms with van der Waals surface area (Å²) in [5, 5.41) is 2.89. The van der Waals surface area contributed by atoms with Gasteiger partial charge in [0, 0.05) is 44.3 Å². The number of carbonyl (C=O) groups is 2. The Kier molecular flexibility index (Phi) is 6.13. The fourth-order valence-electron chi connectivity index (χ4n) is 4.27. The molecule has 28 heavy (non-hydrogen) atoms. The third-order valence-electron chi connectivity index (χ3n) is 6.22. The maximum Gasteiger partial charge on any atom is 0.227 e. The van der Waals surface area contributed by atoms with E-state index in [-0.39, 0.29) is 17.9 Å². The second-order valence-electron chi connectivity index (χ2n) is 8.55. The molecule has 2 amide bonds. The molecule has 0 aromatic carbocycles. The summed E-state index contributed by atoms with van der Waals surface area (Å²) in [5.41, 5.74) is 0.715. The van der Waals surface area contributed by atoms with Gasteiger partial charge in [0.25, 0.3) is 0 Å². The van der Waals surface area contributed by atoms with E-state index in [1.165, 1.54) is 32.1 Å².